The minimum Gasteiger partial charge on any atom is -0.361 e. The van der Waals surface area contributed by atoms with Crippen molar-refractivity contribution in [3.63, 3.8) is 0 Å². The SMILES string of the molecule is CC(C)(C(=O)NCCc1c[nH]c2ccccc12)n1nc(-c2cccs2)ccc1=O. The number of nitrogens with one attached hydrogen (secondary N) is 2. The standard InChI is InChI=1S/C22H22N4O2S/c1-22(2,26-20(27)10-9-18(25-26)19-8-5-13-29-19)21(28)23-12-11-15-14-24-17-7-4-3-6-16(15)17/h3-10,13-14,24H,11-12H2,1-2H3,(H,23,28). The van der Waals surface area contributed by atoms with Gasteiger partial charge in [-0.1, -0.05) is 24.3 Å². The van der Waals surface area contributed by atoms with Crippen LogP contribution in [0, 0.1) is 0 Å². The first-order valence-electron chi connectivity index (χ1n) is 9.45. The second-order valence-electron chi connectivity index (χ2n) is 7.37. The summed E-state index contributed by atoms with van der Waals surface area (Å²) in [4.78, 5) is 29.5. The van der Waals surface area contributed by atoms with Crippen molar-refractivity contribution < 1.29 is 4.79 Å². The summed E-state index contributed by atoms with van der Waals surface area (Å²) in [6.45, 7) is 3.89. The van der Waals surface area contributed by atoms with Crippen molar-refractivity contribution in [2.24, 2.45) is 0 Å². The van der Waals surface area contributed by atoms with Crippen LogP contribution in [0.25, 0.3) is 21.5 Å². The molecule has 0 fully saturated rings. The molecule has 0 spiro atoms. The second kappa shape index (κ2) is 7.67. The van der Waals surface area contributed by atoms with E-state index >= 15 is 0 Å². The predicted octanol–water partition coefficient (Wildman–Crippen LogP) is 3.55. The van der Waals surface area contributed by atoms with Gasteiger partial charge in [0.05, 0.1) is 4.88 Å². The quantitative estimate of drug-likeness (QED) is 0.514. The van der Waals surface area contributed by atoms with Gasteiger partial charge in [0.25, 0.3) is 5.56 Å². The fourth-order valence-corrected chi connectivity index (χ4v) is 4.02. The molecule has 6 nitrogen and oxygen atoms in total. The molecule has 2 N–H and O–H groups in total. The molecular formula is C22H22N4O2S. The number of H-pyrrole nitrogens is 1. The molecule has 29 heavy (non-hydrogen) atoms. The lowest BCUT2D eigenvalue weighted by atomic mass is 10.0. The van der Waals surface area contributed by atoms with Gasteiger partial charge in [-0.15, -0.1) is 11.3 Å². The Hall–Kier alpha value is -3.19. The zero-order valence-corrected chi connectivity index (χ0v) is 17.1. The molecule has 0 bridgehead atoms. The first kappa shape index (κ1) is 19.1. The van der Waals surface area contributed by atoms with Gasteiger partial charge in [0.15, 0.2) is 0 Å². The van der Waals surface area contributed by atoms with Gasteiger partial charge in [0.1, 0.15) is 11.2 Å². The number of aromatic amines is 1. The third-order valence-corrected chi connectivity index (χ3v) is 5.91. The fraction of sp³-hybridized carbons (Fsp3) is 0.227. The van der Waals surface area contributed by atoms with E-state index in [4.69, 9.17) is 0 Å². The Labute approximate surface area is 172 Å². The van der Waals surface area contributed by atoms with E-state index in [1.807, 2.05) is 41.9 Å². The summed E-state index contributed by atoms with van der Waals surface area (Å²) in [5, 5.41) is 10.5. The molecule has 0 saturated heterocycles. The highest BCUT2D eigenvalue weighted by Gasteiger charge is 2.32. The van der Waals surface area contributed by atoms with E-state index in [2.05, 4.69) is 21.5 Å². The molecule has 0 unspecified atom stereocenters. The first-order chi connectivity index (χ1) is 14.0. The normalized spacial score (nSPS) is 11.7. The lowest BCUT2D eigenvalue weighted by Crippen LogP contribution is -2.50. The topological polar surface area (TPSA) is 79.8 Å². The molecule has 7 heteroatoms. The third kappa shape index (κ3) is 3.73. The maximum Gasteiger partial charge on any atom is 0.267 e. The molecule has 3 aromatic heterocycles. The molecule has 0 atom stereocenters. The second-order valence-corrected chi connectivity index (χ2v) is 8.32. The molecular weight excluding hydrogens is 384 g/mol. The first-order valence-corrected chi connectivity index (χ1v) is 10.3. The zero-order valence-electron chi connectivity index (χ0n) is 16.3. The number of para-hydroxylation sites is 1. The van der Waals surface area contributed by atoms with Crippen molar-refractivity contribution in [1.82, 2.24) is 20.1 Å². The molecule has 0 saturated carbocycles. The van der Waals surface area contributed by atoms with Crippen LogP contribution in [0.4, 0.5) is 0 Å². The lowest BCUT2D eigenvalue weighted by Gasteiger charge is -2.25. The largest absolute Gasteiger partial charge is 0.361 e. The van der Waals surface area contributed by atoms with Crippen molar-refractivity contribution in [2.45, 2.75) is 25.8 Å². The maximum atomic E-state index is 12.9. The number of thiophene rings is 1. The minimum atomic E-state index is -1.11. The van der Waals surface area contributed by atoms with Crippen LogP contribution in [-0.2, 0) is 16.8 Å². The fourth-order valence-electron chi connectivity index (χ4n) is 3.33. The summed E-state index contributed by atoms with van der Waals surface area (Å²) in [6, 6.07) is 15.1. The smallest absolute Gasteiger partial charge is 0.267 e. The van der Waals surface area contributed by atoms with Crippen LogP contribution >= 0.6 is 11.3 Å². The van der Waals surface area contributed by atoms with Crippen molar-refractivity contribution in [2.75, 3.05) is 6.54 Å². The van der Waals surface area contributed by atoms with Crippen LogP contribution < -0.4 is 10.9 Å². The number of fused-ring (bicyclic) bond motifs is 1. The monoisotopic (exact) mass is 406 g/mol. The number of benzene rings is 1. The van der Waals surface area contributed by atoms with Gasteiger partial charge in [-0.2, -0.15) is 5.10 Å². The van der Waals surface area contributed by atoms with Crippen LogP contribution in [0.1, 0.15) is 19.4 Å². The number of hydrogen-bond acceptors (Lipinski definition) is 4. The maximum absolute atomic E-state index is 12.9. The average molecular weight is 407 g/mol. The highest BCUT2D eigenvalue weighted by molar-refractivity contribution is 7.13. The Morgan fingerprint density at radius 3 is 2.79 bits per heavy atom. The van der Waals surface area contributed by atoms with Crippen molar-refractivity contribution in [1.29, 1.82) is 0 Å². The lowest BCUT2D eigenvalue weighted by molar-refractivity contribution is -0.128. The molecule has 0 radical (unpaired) electrons. The van der Waals surface area contributed by atoms with Crippen LogP contribution in [0.15, 0.2) is 64.9 Å². The van der Waals surface area contributed by atoms with Crippen LogP contribution in [-0.4, -0.2) is 27.2 Å². The Bertz CT molecular complexity index is 1210. The summed E-state index contributed by atoms with van der Waals surface area (Å²) in [7, 11) is 0. The number of carbonyl (C=O) groups is 1. The van der Waals surface area contributed by atoms with E-state index in [-0.39, 0.29) is 11.5 Å². The summed E-state index contributed by atoms with van der Waals surface area (Å²) in [5.74, 6) is -0.240. The number of aromatic nitrogens is 3. The van der Waals surface area contributed by atoms with Gasteiger partial charge >= 0.3 is 0 Å². The van der Waals surface area contributed by atoms with Gasteiger partial charge in [-0.05, 0) is 49.4 Å². The average Bonchev–Trinajstić information content (AvgIpc) is 3.38. The van der Waals surface area contributed by atoms with Crippen LogP contribution in [0.2, 0.25) is 0 Å². The van der Waals surface area contributed by atoms with Gasteiger partial charge in [0, 0.05) is 29.7 Å². The van der Waals surface area contributed by atoms with Crippen molar-refractivity contribution in [3.05, 3.63) is 76.0 Å². The van der Waals surface area contributed by atoms with Crippen molar-refractivity contribution >= 4 is 28.1 Å². The number of nitrogens with zero attached hydrogens (tertiary/aromatic N) is 2. The third-order valence-electron chi connectivity index (χ3n) is 5.01. The number of carbonyl (C=O) groups excluding carboxylic acids is 1. The van der Waals surface area contributed by atoms with E-state index in [1.165, 1.54) is 10.7 Å². The van der Waals surface area contributed by atoms with Gasteiger partial charge < -0.3 is 10.3 Å². The highest BCUT2D eigenvalue weighted by atomic mass is 32.1. The van der Waals surface area contributed by atoms with Crippen LogP contribution in [0.3, 0.4) is 0 Å². The molecule has 3 heterocycles. The predicted molar refractivity (Wildman–Crippen MR) is 116 cm³/mol. The zero-order chi connectivity index (χ0) is 20.4. The summed E-state index contributed by atoms with van der Waals surface area (Å²) in [6.07, 6.45) is 2.67. The molecule has 0 aliphatic heterocycles. The van der Waals surface area contributed by atoms with Gasteiger partial charge in [0.2, 0.25) is 5.91 Å². The number of amides is 1. The molecule has 1 amide bonds. The van der Waals surface area contributed by atoms with Crippen LogP contribution in [0.5, 0.6) is 0 Å². The van der Waals surface area contributed by atoms with E-state index in [1.54, 1.807) is 31.3 Å². The van der Waals surface area contributed by atoms with E-state index < -0.39 is 5.54 Å². The molecule has 4 rings (SSSR count). The van der Waals surface area contributed by atoms with E-state index in [9.17, 15) is 9.59 Å². The molecule has 148 valence electrons. The summed E-state index contributed by atoms with van der Waals surface area (Å²) >= 11 is 1.54. The van der Waals surface area contributed by atoms with Crippen molar-refractivity contribution in [3.8, 4) is 10.6 Å². The number of hydrogen-bond donors (Lipinski definition) is 2. The van der Waals surface area contributed by atoms with Gasteiger partial charge in [-0.25, -0.2) is 4.68 Å². The Morgan fingerprint density at radius 1 is 1.17 bits per heavy atom. The van der Waals surface area contributed by atoms with E-state index in [0.29, 0.717) is 18.7 Å². The van der Waals surface area contributed by atoms with Gasteiger partial charge in [-0.3, -0.25) is 9.59 Å². The summed E-state index contributed by atoms with van der Waals surface area (Å²) in [5.41, 5.74) is 1.50. The molecule has 4 aromatic rings. The van der Waals surface area contributed by atoms with E-state index in [0.717, 1.165) is 21.3 Å². The minimum absolute atomic E-state index is 0.240. The number of rotatable bonds is 6. The molecule has 0 aliphatic rings. The molecule has 1 aromatic carbocycles. The Balaban J connectivity index is 1.49. The molecule has 0 aliphatic carbocycles. The highest BCUT2D eigenvalue weighted by Crippen LogP contribution is 2.23. The Morgan fingerprint density at radius 2 is 2.00 bits per heavy atom. The summed E-state index contributed by atoms with van der Waals surface area (Å²) < 4.78 is 1.27. The Kier molecular flexibility index (Phi) is 5.07.